The summed E-state index contributed by atoms with van der Waals surface area (Å²) in [6, 6.07) is 10.4. The molecule has 2 aromatic rings. The number of rotatable bonds is 5. The predicted molar refractivity (Wildman–Crippen MR) is 82.0 cm³/mol. The number of nitrogens with zero attached hydrogens (tertiary/aromatic N) is 1. The van der Waals surface area contributed by atoms with Gasteiger partial charge in [-0.25, -0.2) is 18.1 Å². The number of hydrogen-bond acceptors (Lipinski definition) is 5. The summed E-state index contributed by atoms with van der Waals surface area (Å²) in [6.45, 7) is 3.73. The van der Waals surface area contributed by atoms with Crippen LogP contribution in [0.25, 0.3) is 0 Å². The topological polar surface area (TPSA) is 97.1 Å². The van der Waals surface area contributed by atoms with E-state index in [0.29, 0.717) is 0 Å². The van der Waals surface area contributed by atoms with Gasteiger partial charge >= 0.3 is 0 Å². The van der Waals surface area contributed by atoms with E-state index < -0.39 is 10.0 Å². The van der Waals surface area contributed by atoms with E-state index in [1.807, 2.05) is 31.2 Å². The van der Waals surface area contributed by atoms with Crippen molar-refractivity contribution in [1.82, 2.24) is 9.71 Å². The maximum absolute atomic E-state index is 12.4. The van der Waals surface area contributed by atoms with Crippen LogP contribution in [-0.4, -0.2) is 13.4 Å². The lowest BCUT2D eigenvalue weighted by Gasteiger charge is -2.17. The number of hydrogen-bond donors (Lipinski definition) is 3. The van der Waals surface area contributed by atoms with Crippen LogP contribution in [0.5, 0.6) is 0 Å². The van der Waals surface area contributed by atoms with Crippen LogP contribution in [0.2, 0.25) is 0 Å². The molecule has 0 aliphatic carbocycles. The number of anilines is 1. The molecule has 21 heavy (non-hydrogen) atoms. The second-order valence-corrected chi connectivity index (χ2v) is 6.33. The first-order chi connectivity index (χ1) is 9.95. The molecule has 1 aromatic carbocycles. The summed E-state index contributed by atoms with van der Waals surface area (Å²) < 4.78 is 27.5. The van der Waals surface area contributed by atoms with E-state index >= 15 is 0 Å². The van der Waals surface area contributed by atoms with Gasteiger partial charge in [0.2, 0.25) is 0 Å². The monoisotopic (exact) mass is 306 g/mol. The van der Waals surface area contributed by atoms with Gasteiger partial charge < -0.3 is 5.43 Å². The van der Waals surface area contributed by atoms with Gasteiger partial charge in [0.1, 0.15) is 0 Å². The van der Waals surface area contributed by atoms with Gasteiger partial charge in [-0.2, -0.15) is 0 Å². The molecule has 6 nitrogen and oxygen atoms in total. The smallest absolute Gasteiger partial charge is 0.260 e. The summed E-state index contributed by atoms with van der Waals surface area (Å²) in [5.74, 6) is 5.33. The Balaban J connectivity index is 2.32. The first-order valence-corrected chi connectivity index (χ1v) is 7.93. The molecule has 0 saturated carbocycles. The van der Waals surface area contributed by atoms with Crippen molar-refractivity contribution in [2.24, 2.45) is 5.84 Å². The first kappa shape index (κ1) is 15.4. The zero-order chi connectivity index (χ0) is 15.5. The molecular formula is C14H18N4O2S. The second kappa shape index (κ2) is 6.21. The molecule has 0 saturated heterocycles. The minimum atomic E-state index is -3.77. The summed E-state index contributed by atoms with van der Waals surface area (Å²) in [6.07, 6.45) is 1.41. The molecular weight excluding hydrogens is 288 g/mol. The average Bonchev–Trinajstić information content (AvgIpc) is 2.47. The Kier molecular flexibility index (Phi) is 4.56. The van der Waals surface area contributed by atoms with Gasteiger partial charge in [0, 0.05) is 12.2 Å². The minimum absolute atomic E-state index is 0.118. The van der Waals surface area contributed by atoms with E-state index in [1.54, 1.807) is 19.1 Å². The van der Waals surface area contributed by atoms with Gasteiger partial charge in [0.25, 0.3) is 10.0 Å². The lowest BCUT2D eigenvalue weighted by molar-refractivity contribution is 0.563. The van der Waals surface area contributed by atoms with E-state index in [1.165, 1.54) is 6.20 Å². The molecule has 2 rings (SSSR count). The highest BCUT2D eigenvalue weighted by molar-refractivity contribution is 7.89. The van der Waals surface area contributed by atoms with Crippen LogP contribution in [0, 0.1) is 6.92 Å². The van der Waals surface area contributed by atoms with Crippen molar-refractivity contribution in [1.29, 1.82) is 0 Å². The normalized spacial score (nSPS) is 12.9. The Morgan fingerprint density at radius 1 is 1.19 bits per heavy atom. The van der Waals surface area contributed by atoms with Crippen molar-refractivity contribution < 1.29 is 8.42 Å². The fourth-order valence-electron chi connectivity index (χ4n) is 2.14. The largest absolute Gasteiger partial charge is 0.321 e. The van der Waals surface area contributed by atoms with Gasteiger partial charge in [-0.15, -0.1) is 0 Å². The number of nitrogen functional groups attached to an aromatic ring is 1. The number of pyridine rings is 1. The predicted octanol–water partition coefficient (Wildman–Crippen LogP) is 1.72. The lowest BCUT2D eigenvalue weighted by Crippen LogP contribution is -2.29. The second-order valence-electron chi connectivity index (χ2n) is 4.70. The van der Waals surface area contributed by atoms with Crippen molar-refractivity contribution >= 4 is 15.7 Å². The number of aryl methyl sites for hydroxylation is 1. The van der Waals surface area contributed by atoms with E-state index in [4.69, 9.17) is 5.84 Å². The first-order valence-electron chi connectivity index (χ1n) is 6.45. The number of nitrogens with two attached hydrogens (primary N) is 1. The number of aromatic nitrogens is 1. The van der Waals surface area contributed by atoms with E-state index in [0.717, 1.165) is 11.1 Å². The van der Waals surface area contributed by atoms with Gasteiger partial charge in [-0.3, -0.25) is 5.84 Å². The van der Waals surface area contributed by atoms with Gasteiger partial charge in [0.05, 0.1) is 5.69 Å². The van der Waals surface area contributed by atoms with Crippen LogP contribution >= 0.6 is 0 Å². The highest BCUT2D eigenvalue weighted by Crippen LogP contribution is 2.22. The highest BCUT2D eigenvalue weighted by Gasteiger charge is 2.23. The van der Waals surface area contributed by atoms with Crippen LogP contribution in [-0.2, 0) is 10.0 Å². The third-order valence-corrected chi connectivity index (χ3v) is 4.67. The Hall–Kier alpha value is -1.96. The zero-order valence-corrected chi connectivity index (χ0v) is 12.7. The van der Waals surface area contributed by atoms with Crippen LogP contribution < -0.4 is 16.0 Å². The van der Waals surface area contributed by atoms with Crippen LogP contribution in [0.1, 0.15) is 24.1 Å². The molecule has 4 N–H and O–H groups in total. The third kappa shape index (κ3) is 3.38. The Morgan fingerprint density at radius 2 is 1.90 bits per heavy atom. The molecule has 7 heteroatoms. The fourth-order valence-corrected chi connectivity index (χ4v) is 3.46. The number of benzene rings is 1. The SMILES string of the molecule is Cc1ccccc1C(C)NS(=O)(=O)c1ncccc1NN. The zero-order valence-electron chi connectivity index (χ0n) is 11.9. The quantitative estimate of drug-likeness (QED) is 0.577. The molecule has 0 fully saturated rings. The molecule has 1 heterocycles. The van der Waals surface area contributed by atoms with E-state index in [-0.39, 0.29) is 16.8 Å². The van der Waals surface area contributed by atoms with Crippen molar-refractivity contribution in [2.45, 2.75) is 24.9 Å². The summed E-state index contributed by atoms with van der Waals surface area (Å²) in [7, 11) is -3.77. The van der Waals surface area contributed by atoms with Crippen molar-refractivity contribution in [3.05, 3.63) is 53.7 Å². The standard InChI is InChI=1S/C14H18N4O2S/c1-10-6-3-4-7-12(10)11(2)18-21(19,20)14-13(17-15)8-5-9-16-14/h3-9,11,17-18H,15H2,1-2H3. The maximum Gasteiger partial charge on any atom is 0.260 e. The lowest BCUT2D eigenvalue weighted by atomic mass is 10.0. The molecule has 0 spiro atoms. The molecule has 0 aliphatic heterocycles. The highest BCUT2D eigenvalue weighted by atomic mass is 32.2. The summed E-state index contributed by atoms with van der Waals surface area (Å²) >= 11 is 0. The Bertz CT molecular complexity index is 731. The maximum atomic E-state index is 12.4. The molecule has 0 aliphatic rings. The number of sulfonamides is 1. The Labute approximate surface area is 124 Å². The molecule has 1 atom stereocenters. The van der Waals surface area contributed by atoms with Crippen LogP contribution in [0.4, 0.5) is 5.69 Å². The average molecular weight is 306 g/mol. The molecule has 1 aromatic heterocycles. The molecule has 0 bridgehead atoms. The summed E-state index contributed by atoms with van der Waals surface area (Å²) in [4.78, 5) is 3.90. The van der Waals surface area contributed by atoms with Crippen molar-refractivity contribution in [3.63, 3.8) is 0 Å². The van der Waals surface area contributed by atoms with Crippen molar-refractivity contribution in [2.75, 3.05) is 5.43 Å². The fraction of sp³-hybridized carbons (Fsp3) is 0.214. The summed E-state index contributed by atoms with van der Waals surface area (Å²) in [5.41, 5.74) is 4.53. The summed E-state index contributed by atoms with van der Waals surface area (Å²) in [5, 5.41) is -0.118. The van der Waals surface area contributed by atoms with Gasteiger partial charge in [-0.05, 0) is 37.1 Å². The van der Waals surface area contributed by atoms with E-state index in [9.17, 15) is 8.42 Å². The van der Waals surface area contributed by atoms with Crippen LogP contribution in [0.3, 0.4) is 0 Å². The van der Waals surface area contributed by atoms with E-state index in [2.05, 4.69) is 15.1 Å². The van der Waals surface area contributed by atoms with Crippen molar-refractivity contribution in [3.8, 4) is 0 Å². The molecule has 0 amide bonds. The Morgan fingerprint density at radius 3 is 2.57 bits per heavy atom. The third-order valence-electron chi connectivity index (χ3n) is 3.17. The molecule has 1 unspecified atom stereocenters. The van der Waals surface area contributed by atoms with Gasteiger partial charge in [0.15, 0.2) is 5.03 Å². The van der Waals surface area contributed by atoms with Crippen LogP contribution in [0.15, 0.2) is 47.6 Å². The minimum Gasteiger partial charge on any atom is -0.321 e. The number of nitrogens with one attached hydrogen (secondary N) is 2. The molecule has 0 radical (unpaired) electrons. The van der Waals surface area contributed by atoms with Gasteiger partial charge in [-0.1, -0.05) is 24.3 Å². The molecule has 112 valence electrons. The number of hydrazine groups is 1.